The molecule has 0 aliphatic heterocycles. The van der Waals surface area contributed by atoms with Crippen molar-refractivity contribution in [2.45, 2.75) is 6.42 Å². The molecule has 0 fully saturated rings. The summed E-state index contributed by atoms with van der Waals surface area (Å²) in [4.78, 5) is 13.9. The van der Waals surface area contributed by atoms with E-state index in [1.165, 1.54) is 18.2 Å². The van der Waals surface area contributed by atoms with Gasteiger partial charge in [0.25, 0.3) is 0 Å². The van der Waals surface area contributed by atoms with Gasteiger partial charge in [-0.2, -0.15) is 0 Å². The van der Waals surface area contributed by atoms with Crippen LogP contribution in [0.5, 0.6) is 0 Å². The van der Waals surface area contributed by atoms with Crippen molar-refractivity contribution < 1.29 is 9.18 Å². The fourth-order valence-electron chi connectivity index (χ4n) is 2.09. The highest BCUT2D eigenvalue weighted by Crippen LogP contribution is 2.22. The van der Waals surface area contributed by atoms with E-state index >= 15 is 0 Å². The monoisotopic (exact) mass is 379 g/mol. The van der Waals surface area contributed by atoms with Gasteiger partial charge in [0.1, 0.15) is 5.82 Å². The maximum absolute atomic E-state index is 13.0. The lowest BCUT2D eigenvalue weighted by atomic mass is 10.3. The van der Waals surface area contributed by atoms with Crippen LogP contribution in [0.2, 0.25) is 0 Å². The number of rotatable bonds is 6. The zero-order valence-corrected chi connectivity index (χ0v) is 14.4. The molecule has 0 aliphatic carbocycles. The normalized spacial score (nSPS) is 10.2. The van der Waals surface area contributed by atoms with Crippen molar-refractivity contribution in [3.63, 3.8) is 0 Å². The third-order valence-corrected chi connectivity index (χ3v) is 3.99. The van der Waals surface area contributed by atoms with Crippen LogP contribution in [0.15, 0.2) is 53.0 Å². The predicted octanol–water partition coefficient (Wildman–Crippen LogP) is 4.24. The van der Waals surface area contributed by atoms with Gasteiger partial charge in [-0.15, -0.1) is 0 Å². The zero-order chi connectivity index (χ0) is 16.7. The van der Waals surface area contributed by atoms with E-state index < -0.39 is 0 Å². The summed E-state index contributed by atoms with van der Waals surface area (Å²) >= 11 is 3.21. The summed E-state index contributed by atoms with van der Waals surface area (Å²) in [6, 6.07) is 13.9. The van der Waals surface area contributed by atoms with Crippen LogP contribution in [0.4, 0.5) is 20.6 Å². The van der Waals surface area contributed by atoms with Gasteiger partial charge in [-0.1, -0.05) is 18.2 Å². The van der Waals surface area contributed by atoms with Gasteiger partial charge in [-0.25, -0.2) is 9.18 Å². The molecule has 2 amide bonds. The molecule has 2 aromatic rings. The number of hydrogen-bond donors (Lipinski definition) is 2. The van der Waals surface area contributed by atoms with E-state index in [9.17, 15) is 9.18 Å². The predicted molar refractivity (Wildman–Crippen MR) is 95.5 cm³/mol. The van der Waals surface area contributed by atoms with Crippen LogP contribution in [0.3, 0.4) is 0 Å². The number of carbonyl (C=O) groups is 1. The largest absolute Gasteiger partial charge is 0.375 e. The highest BCUT2D eigenvalue weighted by molar-refractivity contribution is 9.10. The van der Waals surface area contributed by atoms with Crippen LogP contribution < -0.4 is 15.5 Å². The second-order valence-electron chi connectivity index (χ2n) is 5.12. The van der Waals surface area contributed by atoms with Crippen molar-refractivity contribution in [2.24, 2.45) is 0 Å². The zero-order valence-electron chi connectivity index (χ0n) is 12.9. The van der Waals surface area contributed by atoms with E-state index in [1.54, 1.807) is 0 Å². The minimum Gasteiger partial charge on any atom is -0.375 e. The fraction of sp³-hybridized carbons (Fsp3) is 0.235. The molecule has 2 rings (SSSR count). The van der Waals surface area contributed by atoms with Crippen LogP contribution >= 0.6 is 15.9 Å². The Balaban J connectivity index is 1.71. The molecule has 0 aliphatic rings. The van der Waals surface area contributed by atoms with Crippen LogP contribution in [0.25, 0.3) is 0 Å². The minimum atomic E-state index is -0.355. The summed E-state index contributed by atoms with van der Waals surface area (Å²) in [5, 5.41) is 5.47. The first kappa shape index (κ1) is 17.3. The van der Waals surface area contributed by atoms with Crippen molar-refractivity contribution >= 4 is 33.3 Å². The Bertz CT molecular complexity index is 652. The molecule has 0 saturated carbocycles. The number of para-hydroxylation sites is 1. The third kappa shape index (κ3) is 5.56. The number of urea groups is 1. The number of nitrogens with one attached hydrogen (secondary N) is 2. The van der Waals surface area contributed by atoms with Crippen LogP contribution in [-0.4, -0.2) is 26.2 Å². The molecule has 0 aromatic heterocycles. The minimum absolute atomic E-state index is 0.306. The van der Waals surface area contributed by atoms with Gasteiger partial charge in [0.15, 0.2) is 0 Å². The summed E-state index contributed by atoms with van der Waals surface area (Å²) in [7, 11) is 2.02. The fourth-order valence-corrected chi connectivity index (χ4v) is 2.54. The Kier molecular flexibility index (Phi) is 6.40. The lowest BCUT2D eigenvalue weighted by molar-refractivity contribution is 0.252. The molecule has 122 valence electrons. The van der Waals surface area contributed by atoms with Gasteiger partial charge in [0, 0.05) is 30.3 Å². The molecule has 0 spiro atoms. The molecule has 4 nitrogen and oxygen atoms in total. The van der Waals surface area contributed by atoms with E-state index in [1.807, 2.05) is 37.4 Å². The molecular formula is C17H19BrFN3O. The van der Waals surface area contributed by atoms with Gasteiger partial charge in [0.05, 0.1) is 5.69 Å². The molecule has 23 heavy (non-hydrogen) atoms. The van der Waals surface area contributed by atoms with Crippen molar-refractivity contribution in [3.05, 3.63) is 58.8 Å². The molecule has 0 radical (unpaired) electrons. The third-order valence-electron chi connectivity index (χ3n) is 3.33. The van der Waals surface area contributed by atoms with Crippen molar-refractivity contribution in [3.8, 4) is 0 Å². The first-order valence-electron chi connectivity index (χ1n) is 7.32. The number of amides is 2. The van der Waals surface area contributed by atoms with Gasteiger partial charge in [0.2, 0.25) is 0 Å². The SMILES string of the molecule is CN(CCCNC(=O)Nc1ccc(F)cc1Br)c1ccccc1. The molecule has 6 heteroatoms. The number of carbonyl (C=O) groups excluding carboxylic acids is 1. The molecular weight excluding hydrogens is 361 g/mol. The summed E-state index contributed by atoms with van der Waals surface area (Å²) in [5.41, 5.74) is 1.68. The number of anilines is 2. The standard InChI is InChI=1S/C17H19BrFN3O/c1-22(14-6-3-2-4-7-14)11-5-10-20-17(23)21-16-9-8-13(19)12-15(16)18/h2-4,6-9,12H,5,10-11H2,1H3,(H2,20,21,23). The molecule has 0 heterocycles. The van der Waals surface area contributed by atoms with Crippen LogP contribution in [0, 0.1) is 5.82 Å². The maximum Gasteiger partial charge on any atom is 0.319 e. The van der Waals surface area contributed by atoms with Gasteiger partial charge in [-0.05, 0) is 52.7 Å². The number of benzene rings is 2. The molecule has 0 atom stereocenters. The van der Waals surface area contributed by atoms with E-state index in [-0.39, 0.29) is 11.8 Å². The van der Waals surface area contributed by atoms with Gasteiger partial charge in [-0.3, -0.25) is 0 Å². The number of halogens is 2. The topological polar surface area (TPSA) is 44.4 Å². The molecule has 0 unspecified atom stereocenters. The smallest absolute Gasteiger partial charge is 0.319 e. The highest BCUT2D eigenvalue weighted by atomic mass is 79.9. The Hall–Kier alpha value is -2.08. The lowest BCUT2D eigenvalue weighted by Gasteiger charge is -2.19. The maximum atomic E-state index is 13.0. The summed E-state index contributed by atoms with van der Waals surface area (Å²) in [5.74, 6) is -0.355. The van der Waals surface area contributed by atoms with Gasteiger partial charge < -0.3 is 15.5 Å². The van der Waals surface area contributed by atoms with E-state index in [0.717, 1.165) is 18.7 Å². The first-order valence-corrected chi connectivity index (χ1v) is 8.11. The number of hydrogen-bond acceptors (Lipinski definition) is 2. The van der Waals surface area contributed by atoms with E-state index in [4.69, 9.17) is 0 Å². The highest BCUT2D eigenvalue weighted by Gasteiger charge is 2.06. The van der Waals surface area contributed by atoms with Crippen LogP contribution in [-0.2, 0) is 0 Å². The summed E-state index contributed by atoms with van der Waals surface area (Å²) in [6.45, 7) is 1.40. The summed E-state index contributed by atoms with van der Waals surface area (Å²) in [6.07, 6.45) is 0.823. The van der Waals surface area contributed by atoms with E-state index in [2.05, 4.69) is 31.5 Å². The quantitative estimate of drug-likeness (QED) is 0.737. The van der Waals surface area contributed by atoms with Gasteiger partial charge >= 0.3 is 6.03 Å². The Morgan fingerprint density at radius 1 is 1.22 bits per heavy atom. The molecule has 2 N–H and O–H groups in total. The Morgan fingerprint density at radius 2 is 1.96 bits per heavy atom. The summed E-state index contributed by atoms with van der Waals surface area (Å²) < 4.78 is 13.5. The average Bonchev–Trinajstić information content (AvgIpc) is 2.55. The molecule has 0 bridgehead atoms. The molecule has 0 saturated heterocycles. The van der Waals surface area contributed by atoms with Crippen molar-refractivity contribution in [1.82, 2.24) is 5.32 Å². The van der Waals surface area contributed by atoms with E-state index in [0.29, 0.717) is 16.7 Å². The second-order valence-corrected chi connectivity index (χ2v) is 5.97. The number of nitrogens with zero attached hydrogens (tertiary/aromatic N) is 1. The Morgan fingerprint density at radius 3 is 2.65 bits per heavy atom. The second kappa shape index (κ2) is 8.53. The lowest BCUT2D eigenvalue weighted by Crippen LogP contribution is -2.31. The van der Waals surface area contributed by atoms with Crippen molar-refractivity contribution in [2.75, 3.05) is 30.4 Å². The van der Waals surface area contributed by atoms with Crippen molar-refractivity contribution in [1.29, 1.82) is 0 Å². The average molecular weight is 380 g/mol. The Labute approximate surface area is 143 Å². The first-order chi connectivity index (χ1) is 11.1. The van der Waals surface area contributed by atoms with Crippen LogP contribution in [0.1, 0.15) is 6.42 Å². The molecule has 2 aromatic carbocycles.